The van der Waals surface area contributed by atoms with Gasteiger partial charge in [-0.1, -0.05) is 0 Å². The Balaban J connectivity index is 3.20. The normalized spacial score (nSPS) is 10.4. The highest BCUT2D eigenvalue weighted by atomic mass is 31.1. The third-order valence-electron chi connectivity index (χ3n) is 1.90. The maximum atomic E-state index is 11.3. The maximum Gasteiger partial charge on any atom is 0.337 e. The molecule has 0 spiro atoms. The number of methoxy groups -OCH3 is 2. The lowest BCUT2D eigenvalue weighted by molar-refractivity contribution is 0.0599. The Morgan fingerprint density at radius 1 is 1.06 bits per heavy atom. The van der Waals surface area contributed by atoms with Gasteiger partial charge in [0, 0.05) is 14.1 Å². The zero-order valence-electron chi connectivity index (χ0n) is 8.81. The molecule has 6 heteroatoms. The lowest BCUT2D eigenvalue weighted by Gasteiger charge is -2.05. The van der Waals surface area contributed by atoms with Crippen LogP contribution in [0.3, 0.4) is 0 Å². The second kappa shape index (κ2) is 5.58. The van der Waals surface area contributed by atoms with Crippen molar-refractivity contribution in [1.29, 1.82) is 0 Å². The summed E-state index contributed by atoms with van der Waals surface area (Å²) in [5.74, 6) is -1.13. The summed E-state index contributed by atoms with van der Waals surface area (Å²) in [5.41, 5.74) is 0.420. The first-order valence-corrected chi connectivity index (χ1v) is 5.29. The van der Waals surface area contributed by atoms with Crippen LogP contribution in [0.5, 0.6) is 0 Å². The molecule has 1 atom stereocenters. The zero-order valence-corrected chi connectivity index (χ0v) is 9.81. The van der Waals surface area contributed by atoms with Gasteiger partial charge in [0.2, 0.25) is 0 Å². The molecule has 0 aliphatic heterocycles. The fourth-order valence-electron chi connectivity index (χ4n) is 1.16. The van der Waals surface area contributed by atoms with Crippen LogP contribution in [0.15, 0.2) is 18.2 Å². The van der Waals surface area contributed by atoms with Crippen molar-refractivity contribution in [3.05, 3.63) is 29.3 Å². The van der Waals surface area contributed by atoms with Gasteiger partial charge in [0.15, 0.2) is 0 Å². The van der Waals surface area contributed by atoms with Crippen LogP contribution < -0.4 is 5.30 Å². The minimum absolute atomic E-state index is 0.210. The number of hydrogen-bond donors (Lipinski definition) is 1. The van der Waals surface area contributed by atoms with E-state index in [0.29, 0.717) is 5.30 Å². The van der Waals surface area contributed by atoms with Gasteiger partial charge in [0.1, 0.15) is 0 Å². The van der Waals surface area contributed by atoms with E-state index in [1.54, 1.807) is 0 Å². The Morgan fingerprint density at radius 3 is 1.81 bits per heavy atom. The van der Waals surface area contributed by atoms with Crippen LogP contribution in [-0.4, -0.2) is 31.1 Å². The van der Waals surface area contributed by atoms with Gasteiger partial charge >= 0.3 is 11.9 Å². The second-order valence-corrected chi connectivity index (χ2v) is 3.69. The van der Waals surface area contributed by atoms with E-state index in [-0.39, 0.29) is 11.1 Å². The van der Waals surface area contributed by atoms with E-state index in [1.807, 2.05) is 0 Å². The van der Waals surface area contributed by atoms with Crippen LogP contribution in [0.4, 0.5) is 0 Å². The number of carbonyl (C=O) groups excluding carboxylic acids is 2. The molecule has 1 aromatic rings. The van der Waals surface area contributed by atoms with Crippen LogP contribution in [-0.2, 0) is 9.47 Å². The molecule has 0 aromatic heterocycles. The fraction of sp³-hybridized carbons (Fsp3) is 0.200. The Bertz CT molecular complexity index is 381. The number of ether oxygens (including phenoxy) is 2. The summed E-state index contributed by atoms with van der Waals surface area (Å²) in [6, 6.07) is 4.30. The quantitative estimate of drug-likeness (QED) is 0.616. The second-order valence-electron chi connectivity index (χ2n) is 2.89. The molecule has 0 fully saturated rings. The fourth-order valence-corrected chi connectivity index (χ4v) is 1.60. The summed E-state index contributed by atoms with van der Waals surface area (Å²) in [6.45, 7) is 0. The maximum absolute atomic E-state index is 11.3. The van der Waals surface area contributed by atoms with Gasteiger partial charge < -0.3 is 14.4 Å². The summed E-state index contributed by atoms with van der Waals surface area (Å²) in [4.78, 5) is 31.6. The van der Waals surface area contributed by atoms with E-state index in [4.69, 9.17) is 4.89 Å². The van der Waals surface area contributed by atoms with Gasteiger partial charge in [-0.25, -0.2) is 9.59 Å². The Kier molecular flexibility index (Phi) is 4.40. The lowest BCUT2D eigenvalue weighted by Crippen LogP contribution is -2.11. The molecular formula is C10H11O5P. The molecule has 0 bridgehead atoms. The minimum atomic E-state index is -0.565. The largest absolute Gasteiger partial charge is 0.465 e. The van der Waals surface area contributed by atoms with E-state index in [9.17, 15) is 9.59 Å². The highest BCUT2D eigenvalue weighted by Crippen LogP contribution is 2.12. The lowest BCUT2D eigenvalue weighted by atomic mass is 10.1. The first kappa shape index (κ1) is 12.6. The third kappa shape index (κ3) is 2.78. The van der Waals surface area contributed by atoms with Crippen LogP contribution in [0.2, 0.25) is 0 Å². The first-order valence-electron chi connectivity index (χ1n) is 4.34. The van der Waals surface area contributed by atoms with Crippen LogP contribution >= 0.6 is 8.81 Å². The monoisotopic (exact) mass is 242 g/mol. The predicted molar refractivity (Wildman–Crippen MR) is 59.3 cm³/mol. The zero-order chi connectivity index (χ0) is 12.1. The number of hydrogen-bond acceptors (Lipinski definition) is 5. The van der Waals surface area contributed by atoms with E-state index in [1.165, 1.54) is 32.4 Å². The van der Waals surface area contributed by atoms with Crippen LogP contribution in [0.1, 0.15) is 20.7 Å². The van der Waals surface area contributed by atoms with Crippen LogP contribution in [0, 0.1) is 0 Å². The van der Waals surface area contributed by atoms with Gasteiger partial charge in [0.05, 0.1) is 25.3 Å². The van der Waals surface area contributed by atoms with Crippen molar-refractivity contribution in [2.45, 2.75) is 0 Å². The first-order chi connectivity index (χ1) is 7.62. The van der Waals surface area contributed by atoms with Crippen molar-refractivity contribution < 1.29 is 24.0 Å². The number of benzene rings is 1. The molecule has 0 amide bonds. The third-order valence-corrected chi connectivity index (χ3v) is 2.45. The van der Waals surface area contributed by atoms with Gasteiger partial charge in [-0.05, 0) is 18.2 Å². The summed E-state index contributed by atoms with van der Waals surface area (Å²) in [5, 5.41) is 0.475. The molecule has 0 heterocycles. The molecule has 1 unspecified atom stereocenters. The molecule has 0 saturated heterocycles. The van der Waals surface area contributed by atoms with E-state index < -0.39 is 20.7 Å². The van der Waals surface area contributed by atoms with Crippen molar-refractivity contribution in [3.8, 4) is 0 Å². The predicted octanol–water partition coefficient (Wildman–Crippen LogP) is 0.471. The summed E-state index contributed by atoms with van der Waals surface area (Å²) >= 11 is 0. The number of rotatable bonds is 3. The molecule has 1 N–H and O–H groups in total. The number of esters is 2. The van der Waals surface area contributed by atoms with Crippen molar-refractivity contribution in [2.75, 3.05) is 14.2 Å². The molecule has 1 rings (SSSR count). The van der Waals surface area contributed by atoms with Crippen molar-refractivity contribution in [3.63, 3.8) is 0 Å². The molecule has 0 radical (unpaired) electrons. The van der Waals surface area contributed by atoms with Gasteiger partial charge in [-0.15, -0.1) is 0 Å². The van der Waals surface area contributed by atoms with Crippen molar-refractivity contribution >= 4 is 26.1 Å². The summed E-state index contributed by atoms with van der Waals surface area (Å²) < 4.78 is 9.07. The van der Waals surface area contributed by atoms with Gasteiger partial charge in [-0.3, -0.25) is 0 Å². The average molecular weight is 242 g/mol. The SMILES string of the molecule is COC(=O)c1cc(PO)cc(C(=O)OC)c1. The summed E-state index contributed by atoms with van der Waals surface area (Å²) in [7, 11) is 1.98. The van der Waals surface area contributed by atoms with Crippen molar-refractivity contribution in [1.82, 2.24) is 0 Å². The molecule has 16 heavy (non-hydrogen) atoms. The number of carbonyl (C=O) groups is 2. The Labute approximate surface area is 94.2 Å². The van der Waals surface area contributed by atoms with E-state index >= 15 is 0 Å². The minimum Gasteiger partial charge on any atom is -0.465 e. The van der Waals surface area contributed by atoms with E-state index in [0.717, 1.165) is 0 Å². The topological polar surface area (TPSA) is 72.8 Å². The Morgan fingerprint density at radius 2 is 1.50 bits per heavy atom. The molecule has 5 nitrogen and oxygen atoms in total. The molecule has 86 valence electrons. The summed E-state index contributed by atoms with van der Waals surface area (Å²) in [6.07, 6.45) is 0. The van der Waals surface area contributed by atoms with Crippen molar-refractivity contribution in [2.24, 2.45) is 0 Å². The molecule has 0 saturated carbocycles. The van der Waals surface area contributed by atoms with E-state index in [2.05, 4.69) is 9.47 Å². The standard InChI is InChI=1S/C10H11O5P/c1-14-9(11)6-3-7(10(12)15-2)5-8(4-6)16-13/h3-5,13,16H,1-2H3. The van der Waals surface area contributed by atoms with Crippen LogP contribution in [0.25, 0.3) is 0 Å². The highest BCUT2D eigenvalue weighted by molar-refractivity contribution is 7.40. The molecule has 0 aliphatic rings. The highest BCUT2D eigenvalue weighted by Gasteiger charge is 2.13. The Hall–Kier alpha value is -1.45. The molecule has 0 aliphatic carbocycles. The smallest absolute Gasteiger partial charge is 0.337 e. The average Bonchev–Trinajstić information content (AvgIpc) is 2.35. The molecular weight excluding hydrogens is 231 g/mol. The molecule has 1 aromatic carbocycles. The van der Waals surface area contributed by atoms with Gasteiger partial charge in [0.25, 0.3) is 0 Å². The van der Waals surface area contributed by atoms with Gasteiger partial charge in [-0.2, -0.15) is 0 Å².